The normalized spacial score (nSPS) is 18.8. The average Bonchev–Trinajstić information content (AvgIpc) is 2.59. The van der Waals surface area contributed by atoms with E-state index in [0.717, 1.165) is 64.6 Å². The first-order valence-electron chi connectivity index (χ1n) is 9.69. The fourth-order valence-corrected chi connectivity index (χ4v) is 3.73. The summed E-state index contributed by atoms with van der Waals surface area (Å²) in [6, 6.07) is 0. The van der Waals surface area contributed by atoms with Gasteiger partial charge in [-0.2, -0.15) is 11.8 Å². The first kappa shape index (κ1) is 23.8. The van der Waals surface area contributed by atoms with Crippen LogP contribution in [0.1, 0.15) is 32.1 Å². The van der Waals surface area contributed by atoms with Crippen LogP contribution >= 0.6 is 35.7 Å². The lowest BCUT2D eigenvalue weighted by Gasteiger charge is -2.38. The number of unbranched alkanes of at least 4 members (excludes halogenated alkanes) is 1. The molecule has 0 radical (unpaired) electrons. The molecule has 0 aromatic heterocycles. The van der Waals surface area contributed by atoms with Gasteiger partial charge in [0.1, 0.15) is 0 Å². The summed E-state index contributed by atoms with van der Waals surface area (Å²) in [5.74, 6) is 2.85. The van der Waals surface area contributed by atoms with Crippen LogP contribution in [0.2, 0.25) is 0 Å². The summed E-state index contributed by atoms with van der Waals surface area (Å²) in [4.78, 5) is 21.0. The van der Waals surface area contributed by atoms with E-state index in [2.05, 4.69) is 31.7 Å². The van der Waals surface area contributed by atoms with Crippen molar-refractivity contribution in [1.29, 1.82) is 0 Å². The number of rotatable bonds is 9. The molecule has 8 heteroatoms. The molecule has 2 N–H and O–H groups in total. The van der Waals surface area contributed by atoms with Crippen molar-refractivity contribution in [3.63, 3.8) is 0 Å². The molecule has 0 bridgehead atoms. The standard InChI is InChI=1S/C18H35N5OS.HI/c1-19-18(20-8-3-4-15-25-2)21-9-10-22-11-13-23(14-12-22)17(24)16-6-5-7-16;/h16H,3-15H2,1-2H3,(H2,19,20,21);1H. The number of nitrogens with zero attached hydrogens (tertiary/aromatic N) is 3. The minimum Gasteiger partial charge on any atom is -0.356 e. The number of hydrogen-bond donors (Lipinski definition) is 2. The Labute approximate surface area is 180 Å². The molecule has 2 fully saturated rings. The summed E-state index contributed by atoms with van der Waals surface area (Å²) in [7, 11) is 1.82. The van der Waals surface area contributed by atoms with Gasteiger partial charge >= 0.3 is 0 Å². The molecule has 0 spiro atoms. The lowest BCUT2D eigenvalue weighted by molar-refractivity contribution is -0.139. The fraction of sp³-hybridized carbons (Fsp3) is 0.889. The van der Waals surface area contributed by atoms with E-state index in [-0.39, 0.29) is 24.0 Å². The predicted octanol–water partition coefficient (Wildman–Crippen LogP) is 1.86. The number of hydrogen-bond acceptors (Lipinski definition) is 4. The molecule has 1 saturated carbocycles. The number of carbonyl (C=O) groups is 1. The average molecular weight is 497 g/mol. The van der Waals surface area contributed by atoms with Crippen molar-refractivity contribution >= 4 is 47.6 Å². The Morgan fingerprint density at radius 3 is 2.38 bits per heavy atom. The number of piperazine rings is 1. The summed E-state index contributed by atoms with van der Waals surface area (Å²) in [5, 5.41) is 6.76. The van der Waals surface area contributed by atoms with E-state index in [1.807, 2.05) is 18.8 Å². The topological polar surface area (TPSA) is 60.0 Å². The zero-order valence-corrected chi connectivity index (χ0v) is 19.5. The van der Waals surface area contributed by atoms with Gasteiger partial charge in [0.2, 0.25) is 5.91 Å². The molecular weight excluding hydrogens is 461 g/mol. The van der Waals surface area contributed by atoms with Crippen LogP contribution in [-0.4, -0.2) is 86.5 Å². The van der Waals surface area contributed by atoms with Crippen molar-refractivity contribution in [3.8, 4) is 0 Å². The lowest BCUT2D eigenvalue weighted by atomic mass is 9.84. The van der Waals surface area contributed by atoms with Crippen molar-refractivity contribution in [2.24, 2.45) is 10.9 Å². The zero-order chi connectivity index (χ0) is 17.9. The summed E-state index contributed by atoms with van der Waals surface area (Å²) in [5.41, 5.74) is 0. The van der Waals surface area contributed by atoms with Gasteiger partial charge < -0.3 is 15.5 Å². The number of thioether (sulfide) groups is 1. The van der Waals surface area contributed by atoms with E-state index in [9.17, 15) is 4.79 Å². The minimum atomic E-state index is 0. The van der Waals surface area contributed by atoms with Gasteiger partial charge in [-0.15, -0.1) is 24.0 Å². The fourth-order valence-electron chi connectivity index (χ4n) is 3.24. The second-order valence-electron chi connectivity index (χ2n) is 6.92. The number of halogens is 1. The highest BCUT2D eigenvalue weighted by molar-refractivity contribution is 14.0. The van der Waals surface area contributed by atoms with Crippen molar-refractivity contribution in [2.75, 3.05) is 64.9 Å². The van der Waals surface area contributed by atoms with Gasteiger partial charge in [-0.25, -0.2) is 0 Å². The highest BCUT2D eigenvalue weighted by Gasteiger charge is 2.30. The van der Waals surface area contributed by atoms with E-state index in [4.69, 9.17) is 0 Å². The van der Waals surface area contributed by atoms with Crippen LogP contribution < -0.4 is 10.6 Å². The van der Waals surface area contributed by atoms with Crippen LogP contribution in [0.4, 0.5) is 0 Å². The van der Waals surface area contributed by atoms with Crippen LogP contribution in [0, 0.1) is 5.92 Å². The maximum Gasteiger partial charge on any atom is 0.225 e. The molecule has 1 aliphatic carbocycles. The predicted molar refractivity (Wildman–Crippen MR) is 123 cm³/mol. The third-order valence-electron chi connectivity index (χ3n) is 5.15. The molecule has 152 valence electrons. The number of aliphatic imine (C=N–C) groups is 1. The molecule has 1 amide bonds. The van der Waals surface area contributed by atoms with Crippen LogP contribution in [0.3, 0.4) is 0 Å². The Hall–Kier alpha value is -0.220. The van der Waals surface area contributed by atoms with Gasteiger partial charge in [0, 0.05) is 58.8 Å². The molecule has 26 heavy (non-hydrogen) atoms. The Balaban J connectivity index is 0.00000338. The maximum atomic E-state index is 12.3. The zero-order valence-electron chi connectivity index (χ0n) is 16.3. The van der Waals surface area contributed by atoms with Crippen LogP contribution in [0.15, 0.2) is 4.99 Å². The molecule has 0 atom stereocenters. The summed E-state index contributed by atoms with van der Waals surface area (Å²) in [6.45, 7) is 6.61. The van der Waals surface area contributed by atoms with Gasteiger partial charge in [-0.05, 0) is 37.7 Å². The summed E-state index contributed by atoms with van der Waals surface area (Å²) in [6.07, 6.45) is 8.01. The largest absolute Gasteiger partial charge is 0.356 e. The third-order valence-corrected chi connectivity index (χ3v) is 5.85. The van der Waals surface area contributed by atoms with Gasteiger partial charge in [-0.3, -0.25) is 14.7 Å². The number of guanidine groups is 1. The van der Waals surface area contributed by atoms with Crippen molar-refractivity contribution in [3.05, 3.63) is 0 Å². The number of carbonyl (C=O) groups excluding carboxylic acids is 1. The molecule has 1 heterocycles. The minimum absolute atomic E-state index is 0. The highest BCUT2D eigenvalue weighted by Crippen LogP contribution is 2.28. The lowest BCUT2D eigenvalue weighted by Crippen LogP contribution is -2.52. The molecule has 0 aromatic carbocycles. The second kappa shape index (κ2) is 13.9. The molecule has 2 aliphatic rings. The molecule has 0 aromatic rings. The monoisotopic (exact) mass is 497 g/mol. The highest BCUT2D eigenvalue weighted by atomic mass is 127. The van der Waals surface area contributed by atoms with Gasteiger partial charge in [-0.1, -0.05) is 6.42 Å². The van der Waals surface area contributed by atoms with E-state index in [0.29, 0.717) is 11.8 Å². The Kier molecular flexibility index (Phi) is 12.7. The Morgan fingerprint density at radius 2 is 1.81 bits per heavy atom. The number of nitrogens with one attached hydrogen (secondary N) is 2. The van der Waals surface area contributed by atoms with E-state index in [1.165, 1.54) is 25.0 Å². The molecule has 1 saturated heterocycles. The van der Waals surface area contributed by atoms with Gasteiger partial charge in [0.05, 0.1) is 0 Å². The van der Waals surface area contributed by atoms with Crippen molar-refractivity contribution < 1.29 is 4.79 Å². The maximum absolute atomic E-state index is 12.3. The van der Waals surface area contributed by atoms with E-state index in [1.54, 1.807) is 0 Å². The van der Waals surface area contributed by atoms with Gasteiger partial charge in [0.15, 0.2) is 5.96 Å². The molecule has 0 unspecified atom stereocenters. The third kappa shape index (κ3) is 8.21. The molecule has 2 rings (SSSR count). The van der Waals surface area contributed by atoms with Crippen LogP contribution in [-0.2, 0) is 4.79 Å². The first-order chi connectivity index (χ1) is 12.2. The van der Waals surface area contributed by atoms with Gasteiger partial charge in [0.25, 0.3) is 0 Å². The van der Waals surface area contributed by atoms with Crippen molar-refractivity contribution in [1.82, 2.24) is 20.4 Å². The smallest absolute Gasteiger partial charge is 0.225 e. The quantitative estimate of drug-likeness (QED) is 0.221. The molecule has 1 aliphatic heterocycles. The summed E-state index contributed by atoms with van der Waals surface area (Å²) >= 11 is 1.90. The first-order valence-corrected chi connectivity index (χ1v) is 11.1. The Bertz CT molecular complexity index is 426. The molecular formula is C18H36IN5OS. The van der Waals surface area contributed by atoms with Crippen molar-refractivity contribution in [2.45, 2.75) is 32.1 Å². The summed E-state index contributed by atoms with van der Waals surface area (Å²) < 4.78 is 0. The van der Waals surface area contributed by atoms with E-state index < -0.39 is 0 Å². The van der Waals surface area contributed by atoms with Crippen LogP contribution in [0.5, 0.6) is 0 Å². The van der Waals surface area contributed by atoms with E-state index >= 15 is 0 Å². The SMILES string of the molecule is CN=C(NCCCCSC)NCCN1CCN(C(=O)C2CCC2)CC1.I. The number of amides is 1. The Morgan fingerprint density at radius 1 is 1.12 bits per heavy atom. The molecule has 6 nitrogen and oxygen atoms in total. The van der Waals surface area contributed by atoms with Crippen LogP contribution in [0.25, 0.3) is 0 Å². The second-order valence-corrected chi connectivity index (χ2v) is 7.91.